The lowest BCUT2D eigenvalue weighted by Crippen LogP contribution is -2.43. The quantitative estimate of drug-likeness (QED) is 0.634. The summed E-state index contributed by atoms with van der Waals surface area (Å²) in [4.78, 5) is 25.1. The number of benzene rings is 1. The summed E-state index contributed by atoms with van der Waals surface area (Å²) in [6, 6.07) is 6.23. The van der Waals surface area contributed by atoms with Gasteiger partial charge >= 0.3 is 0 Å². The zero-order valence-corrected chi connectivity index (χ0v) is 18.9. The van der Waals surface area contributed by atoms with Gasteiger partial charge in [-0.2, -0.15) is 0 Å². The van der Waals surface area contributed by atoms with Crippen LogP contribution in [-0.2, 0) is 13.0 Å². The summed E-state index contributed by atoms with van der Waals surface area (Å²) < 4.78 is 11.0. The van der Waals surface area contributed by atoms with Crippen molar-refractivity contribution < 1.29 is 9.26 Å². The Morgan fingerprint density at radius 1 is 1.19 bits per heavy atom. The van der Waals surface area contributed by atoms with Crippen LogP contribution in [-0.4, -0.2) is 65.3 Å². The number of methoxy groups -OCH3 is 1. The van der Waals surface area contributed by atoms with Gasteiger partial charge in [-0.1, -0.05) is 30.1 Å². The monoisotopic (exact) mass is 437 g/mol. The molecule has 2 fully saturated rings. The van der Waals surface area contributed by atoms with Gasteiger partial charge in [0.15, 0.2) is 0 Å². The average molecular weight is 438 g/mol. The van der Waals surface area contributed by atoms with Crippen molar-refractivity contribution in [3.63, 3.8) is 0 Å². The molecule has 3 heterocycles. The fourth-order valence-electron chi connectivity index (χ4n) is 4.96. The highest BCUT2D eigenvalue weighted by molar-refractivity contribution is 5.74. The molecule has 5 rings (SSSR count). The van der Waals surface area contributed by atoms with Crippen LogP contribution in [0.2, 0.25) is 0 Å². The number of nitrogens with zero attached hydrogens (tertiary/aromatic N) is 4. The van der Waals surface area contributed by atoms with Gasteiger partial charge in [-0.25, -0.2) is 4.98 Å². The van der Waals surface area contributed by atoms with Crippen LogP contribution in [0.1, 0.15) is 54.2 Å². The van der Waals surface area contributed by atoms with Gasteiger partial charge in [0.2, 0.25) is 5.58 Å². The second-order valence-corrected chi connectivity index (χ2v) is 9.14. The Bertz CT molecular complexity index is 1140. The molecule has 1 aliphatic heterocycles. The molecule has 3 aromatic rings. The number of likely N-dealkylation sites (N-methyl/N-ethyl adjacent to an activating group) is 1. The number of hydrogen-bond donors (Lipinski definition) is 1. The minimum atomic E-state index is -0.257. The third-order valence-corrected chi connectivity index (χ3v) is 6.85. The number of ether oxygens (including phenoxy) is 1. The minimum absolute atomic E-state index is 0.237. The summed E-state index contributed by atoms with van der Waals surface area (Å²) in [5, 5.41) is 4.21. The highest BCUT2D eigenvalue weighted by Gasteiger charge is 2.25. The van der Waals surface area contributed by atoms with E-state index in [1.165, 1.54) is 12.8 Å². The number of aromatic nitrogens is 3. The molecule has 0 bridgehead atoms. The summed E-state index contributed by atoms with van der Waals surface area (Å²) in [7, 11) is 3.88. The molecule has 0 atom stereocenters. The van der Waals surface area contributed by atoms with Crippen molar-refractivity contribution in [1.82, 2.24) is 24.9 Å². The second-order valence-electron chi connectivity index (χ2n) is 9.14. The smallest absolute Gasteiger partial charge is 0.297 e. The molecule has 32 heavy (non-hydrogen) atoms. The summed E-state index contributed by atoms with van der Waals surface area (Å²) in [6.45, 7) is 5.11. The van der Waals surface area contributed by atoms with E-state index in [0.717, 1.165) is 68.1 Å². The van der Waals surface area contributed by atoms with Gasteiger partial charge in [0, 0.05) is 50.6 Å². The molecule has 8 heteroatoms. The Kier molecular flexibility index (Phi) is 5.97. The summed E-state index contributed by atoms with van der Waals surface area (Å²) >= 11 is 0. The first-order valence-electron chi connectivity index (χ1n) is 11.6. The topological polar surface area (TPSA) is 87.5 Å². The maximum absolute atomic E-state index is 12.6. The molecule has 1 N–H and O–H groups in total. The van der Waals surface area contributed by atoms with Crippen LogP contribution in [0, 0.1) is 0 Å². The second kappa shape index (κ2) is 9.03. The van der Waals surface area contributed by atoms with E-state index in [-0.39, 0.29) is 11.1 Å². The standard InChI is InChI=1S/C24H31N5O3/c1-28-9-11-29(12-10-28)15-18-13-16(7-8-19(18)31-2)14-20-25-22-21(17-5-3-4-6-17)27-32-23(22)24(30)26-20/h7-8,13,17H,3-6,9-12,14-15H2,1-2H3,(H,25,26,30). The predicted molar refractivity (Wildman–Crippen MR) is 122 cm³/mol. The lowest BCUT2D eigenvalue weighted by Gasteiger charge is -2.32. The summed E-state index contributed by atoms with van der Waals surface area (Å²) in [6.07, 6.45) is 5.09. The molecule has 1 saturated carbocycles. The van der Waals surface area contributed by atoms with E-state index in [4.69, 9.17) is 14.2 Å². The molecular weight excluding hydrogens is 406 g/mol. The lowest BCUT2D eigenvalue weighted by molar-refractivity contribution is 0.147. The largest absolute Gasteiger partial charge is 0.496 e. The molecule has 1 saturated heterocycles. The van der Waals surface area contributed by atoms with Gasteiger partial charge in [0.05, 0.1) is 7.11 Å². The average Bonchev–Trinajstić information content (AvgIpc) is 3.45. The van der Waals surface area contributed by atoms with Gasteiger partial charge < -0.3 is 19.1 Å². The van der Waals surface area contributed by atoms with E-state index in [1.54, 1.807) is 7.11 Å². The van der Waals surface area contributed by atoms with Gasteiger partial charge in [0.1, 0.15) is 22.8 Å². The number of fused-ring (bicyclic) bond motifs is 1. The third kappa shape index (κ3) is 4.29. The van der Waals surface area contributed by atoms with Gasteiger partial charge in [0.25, 0.3) is 5.56 Å². The third-order valence-electron chi connectivity index (χ3n) is 6.85. The van der Waals surface area contributed by atoms with Crippen LogP contribution in [0.4, 0.5) is 0 Å². The Labute approximate surface area is 187 Å². The van der Waals surface area contributed by atoms with Gasteiger partial charge in [-0.05, 0) is 31.5 Å². The van der Waals surface area contributed by atoms with E-state index in [2.05, 4.69) is 33.1 Å². The highest BCUT2D eigenvalue weighted by Crippen LogP contribution is 2.35. The van der Waals surface area contributed by atoms with Crippen molar-refractivity contribution in [1.29, 1.82) is 0 Å². The lowest BCUT2D eigenvalue weighted by atomic mass is 10.0. The fraction of sp³-hybridized carbons (Fsp3) is 0.542. The molecule has 0 spiro atoms. The van der Waals surface area contributed by atoms with Crippen LogP contribution in [0.3, 0.4) is 0 Å². The zero-order chi connectivity index (χ0) is 22.1. The summed E-state index contributed by atoms with van der Waals surface area (Å²) in [5.74, 6) is 1.88. The molecule has 170 valence electrons. The highest BCUT2D eigenvalue weighted by atomic mass is 16.5. The number of nitrogens with one attached hydrogen (secondary N) is 1. The Hall–Kier alpha value is -2.71. The first-order valence-corrected chi connectivity index (χ1v) is 11.6. The van der Waals surface area contributed by atoms with Crippen molar-refractivity contribution in [2.45, 2.75) is 44.6 Å². The van der Waals surface area contributed by atoms with Crippen LogP contribution in [0.25, 0.3) is 11.1 Å². The molecular formula is C24H31N5O3. The van der Waals surface area contributed by atoms with Gasteiger partial charge in [-0.3, -0.25) is 9.69 Å². The predicted octanol–water partition coefficient (Wildman–Crippen LogP) is 2.92. The van der Waals surface area contributed by atoms with E-state index in [1.807, 2.05) is 12.1 Å². The number of piperazine rings is 1. The number of hydrogen-bond acceptors (Lipinski definition) is 7. The molecule has 1 aromatic carbocycles. The van der Waals surface area contributed by atoms with Crippen LogP contribution in [0.15, 0.2) is 27.5 Å². The van der Waals surface area contributed by atoms with Crippen LogP contribution in [0.5, 0.6) is 5.75 Å². The maximum Gasteiger partial charge on any atom is 0.297 e. The van der Waals surface area contributed by atoms with E-state index in [9.17, 15) is 4.79 Å². The van der Waals surface area contributed by atoms with Crippen molar-refractivity contribution in [3.8, 4) is 5.75 Å². The van der Waals surface area contributed by atoms with Crippen LogP contribution < -0.4 is 10.3 Å². The first-order chi connectivity index (χ1) is 15.6. The normalized spacial score (nSPS) is 18.6. The maximum atomic E-state index is 12.6. The molecule has 0 amide bonds. The molecule has 2 aliphatic rings. The minimum Gasteiger partial charge on any atom is -0.496 e. The van der Waals surface area contributed by atoms with Crippen molar-refractivity contribution in [2.75, 3.05) is 40.3 Å². The first kappa shape index (κ1) is 21.2. The molecule has 0 radical (unpaired) electrons. The van der Waals surface area contributed by atoms with Crippen LogP contribution >= 0.6 is 0 Å². The van der Waals surface area contributed by atoms with E-state index >= 15 is 0 Å². The number of rotatable bonds is 6. The number of aromatic amines is 1. The molecule has 2 aromatic heterocycles. The SMILES string of the molecule is COc1ccc(Cc2nc3c(C4CCCC4)noc3c(=O)[nH]2)cc1CN1CCN(C)CC1. The molecule has 8 nitrogen and oxygen atoms in total. The Balaban J connectivity index is 1.40. The Morgan fingerprint density at radius 2 is 1.97 bits per heavy atom. The Morgan fingerprint density at radius 3 is 2.72 bits per heavy atom. The fourth-order valence-corrected chi connectivity index (χ4v) is 4.96. The van der Waals surface area contributed by atoms with E-state index < -0.39 is 0 Å². The zero-order valence-electron chi connectivity index (χ0n) is 18.9. The molecule has 1 aliphatic carbocycles. The number of H-pyrrole nitrogens is 1. The molecule has 0 unspecified atom stereocenters. The van der Waals surface area contributed by atoms with Crippen molar-refractivity contribution >= 4 is 11.1 Å². The van der Waals surface area contributed by atoms with Crippen molar-refractivity contribution in [3.05, 3.63) is 51.2 Å². The van der Waals surface area contributed by atoms with E-state index in [0.29, 0.717) is 23.7 Å². The van der Waals surface area contributed by atoms with Crippen molar-refractivity contribution in [2.24, 2.45) is 0 Å². The van der Waals surface area contributed by atoms with Gasteiger partial charge in [-0.15, -0.1) is 0 Å². The summed E-state index contributed by atoms with van der Waals surface area (Å²) in [5.41, 5.74) is 3.71.